The Morgan fingerprint density at radius 2 is 1.88 bits per heavy atom. The number of hydrogen-bond donors (Lipinski definition) is 0. The van der Waals surface area contributed by atoms with Gasteiger partial charge in [-0.1, -0.05) is 25.4 Å². The topological polar surface area (TPSA) is 43.4 Å². The Bertz CT molecular complexity index is 481. The van der Waals surface area contributed by atoms with Gasteiger partial charge in [0.1, 0.15) is 10.6 Å². The van der Waals surface area contributed by atoms with Crippen LogP contribution < -0.4 is 4.74 Å². The number of halogens is 2. The van der Waals surface area contributed by atoms with Crippen LogP contribution in [-0.4, -0.2) is 14.5 Å². The fraction of sp³-hybridized carbons (Fsp3) is 0.455. The van der Waals surface area contributed by atoms with E-state index in [9.17, 15) is 8.42 Å². The quantitative estimate of drug-likeness (QED) is 0.776. The van der Waals surface area contributed by atoms with Crippen LogP contribution in [0.25, 0.3) is 0 Å². The van der Waals surface area contributed by atoms with Gasteiger partial charge in [-0.15, -0.1) is 0 Å². The molecule has 1 aromatic carbocycles. The van der Waals surface area contributed by atoms with Gasteiger partial charge >= 0.3 is 0 Å². The smallest absolute Gasteiger partial charge is 0.265 e. The van der Waals surface area contributed by atoms with Gasteiger partial charge in [0.25, 0.3) is 9.05 Å². The van der Waals surface area contributed by atoms with Crippen LogP contribution in [0.5, 0.6) is 5.75 Å². The monoisotopic (exact) mass is 296 g/mol. The maximum absolute atomic E-state index is 11.4. The van der Waals surface area contributed by atoms with Crippen LogP contribution in [0.1, 0.15) is 26.7 Å². The summed E-state index contributed by atoms with van der Waals surface area (Å²) in [5.74, 6) is 0.248. The SMILES string of the molecule is CCC(CC)Oc1ccc(Cl)cc1S(=O)(=O)Cl. The minimum absolute atomic E-state index is 0.0339. The first-order valence-electron chi connectivity index (χ1n) is 5.29. The van der Waals surface area contributed by atoms with Crippen LogP contribution >= 0.6 is 22.3 Å². The molecule has 0 aliphatic heterocycles. The fourth-order valence-corrected chi connectivity index (χ4v) is 2.63. The van der Waals surface area contributed by atoms with Crippen molar-refractivity contribution in [3.8, 4) is 5.75 Å². The van der Waals surface area contributed by atoms with Crippen molar-refractivity contribution in [1.82, 2.24) is 0 Å². The van der Waals surface area contributed by atoms with E-state index in [1.54, 1.807) is 6.07 Å². The summed E-state index contributed by atoms with van der Waals surface area (Å²) in [6.45, 7) is 3.94. The Morgan fingerprint density at radius 1 is 1.29 bits per heavy atom. The third kappa shape index (κ3) is 4.05. The molecule has 17 heavy (non-hydrogen) atoms. The molecule has 6 heteroatoms. The Morgan fingerprint density at radius 3 is 2.35 bits per heavy atom. The van der Waals surface area contributed by atoms with Crippen LogP contribution in [-0.2, 0) is 9.05 Å². The maximum Gasteiger partial charge on any atom is 0.265 e. The lowest BCUT2D eigenvalue weighted by molar-refractivity contribution is 0.188. The van der Waals surface area contributed by atoms with E-state index in [1.807, 2.05) is 13.8 Å². The lowest BCUT2D eigenvalue weighted by Gasteiger charge is -2.17. The molecule has 0 fully saturated rings. The van der Waals surface area contributed by atoms with Crippen LogP contribution in [0.3, 0.4) is 0 Å². The molecule has 0 radical (unpaired) electrons. The molecule has 0 spiro atoms. The molecule has 0 N–H and O–H groups in total. The highest BCUT2D eigenvalue weighted by Crippen LogP contribution is 2.31. The molecule has 0 atom stereocenters. The molecule has 0 saturated carbocycles. The number of hydrogen-bond acceptors (Lipinski definition) is 3. The summed E-state index contributed by atoms with van der Waals surface area (Å²) in [7, 11) is 1.48. The number of rotatable bonds is 5. The van der Waals surface area contributed by atoms with E-state index in [4.69, 9.17) is 27.0 Å². The number of ether oxygens (including phenoxy) is 1. The summed E-state index contributed by atoms with van der Waals surface area (Å²) in [6, 6.07) is 4.39. The fourth-order valence-electron chi connectivity index (χ4n) is 1.40. The highest BCUT2D eigenvalue weighted by atomic mass is 35.7. The summed E-state index contributed by atoms with van der Waals surface area (Å²) in [5.41, 5.74) is 0. The maximum atomic E-state index is 11.4. The van der Waals surface area contributed by atoms with E-state index >= 15 is 0 Å². The van der Waals surface area contributed by atoms with E-state index < -0.39 is 9.05 Å². The second-order valence-electron chi connectivity index (χ2n) is 3.59. The van der Waals surface area contributed by atoms with E-state index in [-0.39, 0.29) is 16.7 Å². The van der Waals surface area contributed by atoms with Crippen molar-refractivity contribution in [2.24, 2.45) is 0 Å². The largest absolute Gasteiger partial charge is 0.489 e. The Kier molecular flexibility index (Phi) is 5.10. The summed E-state index contributed by atoms with van der Waals surface area (Å²) < 4.78 is 28.4. The first-order chi connectivity index (χ1) is 7.88. The average Bonchev–Trinajstić information content (AvgIpc) is 2.26. The van der Waals surface area contributed by atoms with Crippen LogP contribution in [0.2, 0.25) is 5.02 Å². The molecule has 0 aliphatic carbocycles. The minimum atomic E-state index is -3.86. The third-order valence-electron chi connectivity index (χ3n) is 2.37. The summed E-state index contributed by atoms with van der Waals surface area (Å²) >= 11 is 5.75. The van der Waals surface area contributed by atoms with Crippen molar-refractivity contribution >= 4 is 31.3 Å². The molecule has 0 amide bonds. The molecule has 0 heterocycles. The van der Waals surface area contributed by atoms with Crippen molar-refractivity contribution < 1.29 is 13.2 Å². The van der Waals surface area contributed by atoms with Gasteiger partial charge < -0.3 is 4.74 Å². The molecule has 0 unspecified atom stereocenters. The Hall–Kier alpha value is -0.450. The van der Waals surface area contributed by atoms with Crippen LogP contribution in [0, 0.1) is 0 Å². The second-order valence-corrected chi connectivity index (χ2v) is 6.56. The Labute approximate surface area is 111 Å². The lowest BCUT2D eigenvalue weighted by Crippen LogP contribution is -2.15. The number of benzene rings is 1. The predicted octanol–water partition coefficient (Wildman–Crippen LogP) is 3.83. The molecular weight excluding hydrogens is 283 g/mol. The van der Waals surface area contributed by atoms with E-state index in [0.717, 1.165) is 12.8 Å². The first kappa shape index (κ1) is 14.6. The zero-order valence-electron chi connectivity index (χ0n) is 9.61. The molecule has 96 valence electrons. The molecule has 0 bridgehead atoms. The van der Waals surface area contributed by atoms with Gasteiger partial charge in [0.2, 0.25) is 0 Å². The van der Waals surface area contributed by atoms with E-state index in [0.29, 0.717) is 5.02 Å². The highest BCUT2D eigenvalue weighted by Gasteiger charge is 2.19. The third-order valence-corrected chi connectivity index (χ3v) is 3.95. The molecule has 0 aliphatic rings. The highest BCUT2D eigenvalue weighted by molar-refractivity contribution is 8.13. The predicted molar refractivity (Wildman–Crippen MR) is 69.5 cm³/mol. The van der Waals surface area contributed by atoms with Crippen molar-refractivity contribution in [2.45, 2.75) is 37.7 Å². The van der Waals surface area contributed by atoms with Crippen LogP contribution in [0.15, 0.2) is 23.1 Å². The minimum Gasteiger partial charge on any atom is -0.489 e. The standard InChI is InChI=1S/C11H14Cl2O3S/c1-3-9(4-2)16-10-6-5-8(12)7-11(10)17(13,14)15/h5-7,9H,3-4H2,1-2H3. The zero-order chi connectivity index (χ0) is 13.1. The van der Waals surface area contributed by atoms with Gasteiger partial charge in [-0.2, -0.15) is 0 Å². The van der Waals surface area contributed by atoms with Crippen LogP contribution in [0.4, 0.5) is 0 Å². The van der Waals surface area contributed by atoms with E-state index in [1.165, 1.54) is 12.1 Å². The van der Waals surface area contributed by atoms with E-state index in [2.05, 4.69) is 0 Å². The van der Waals surface area contributed by atoms with Gasteiger partial charge in [0.15, 0.2) is 0 Å². The van der Waals surface area contributed by atoms with Gasteiger partial charge in [-0.3, -0.25) is 0 Å². The first-order valence-corrected chi connectivity index (χ1v) is 7.98. The second kappa shape index (κ2) is 5.94. The molecule has 3 nitrogen and oxygen atoms in total. The molecule has 1 rings (SSSR count). The van der Waals surface area contributed by atoms with Gasteiger partial charge in [0.05, 0.1) is 6.10 Å². The average molecular weight is 297 g/mol. The zero-order valence-corrected chi connectivity index (χ0v) is 11.9. The van der Waals surface area contributed by atoms with Gasteiger partial charge in [-0.05, 0) is 31.0 Å². The summed E-state index contributed by atoms with van der Waals surface area (Å²) in [5, 5.41) is 0.307. The Balaban J connectivity index is 3.16. The van der Waals surface area contributed by atoms with Crippen molar-refractivity contribution in [3.63, 3.8) is 0 Å². The van der Waals surface area contributed by atoms with Crippen molar-refractivity contribution in [3.05, 3.63) is 23.2 Å². The van der Waals surface area contributed by atoms with Gasteiger partial charge in [-0.25, -0.2) is 8.42 Å². The lowest BCUT2D eigenvalue weighted by atomic mass is 10.2. The normalized spacial score (nSPS) is 11.8. The van der Waals surface area contributed by atoms with Gasteiger partial charge in [0, 0.05) is 15.7 Å². The van der Waals surface area contributed by atoms with Crippen molar-refractivity contribution in [2.75, 3.05) is 0 Å². The summed E-state index contributed by atoms with van der Waals surface area (Å²) in [6.07, 6.45) is 1.55. The molecule has 0 aromatic heterocycles. The molecule has 1 aromatic rings. The summed E-state index contributed by atoms with van der Waals surface area (Å²) in [4.78, 5) is -0.0847. The molecular formula is C11H14Cl2O3S. The molecule has 0 saturated heterocycles. The van der Waals surface area contributed by atoms with Crippen molar-refractivity contribution in [1.29, 1.82) is 0 Å².